The smallest absolute Gasteiger partial charge is 0.122 e. The Labute approximate surface area is 144 Å². The minimum Gasteiger partial charge on any atom is -0.496 e. The molecule has 1 aliphatic rings. The van der Waals surface area contributed by atoms with E-state index >= 15 is 0 Å². The minimum atomic E-state index is 0. The number of nitrogens with one attached hydrogen (secondary N) is 2. The third kappa shape index (κ3) is 4.29. The molecule has 2 aromatic rings. The lowest BCUT2D eigenvalue weighted by Crippen LogP contribution is -2.06. The van der Waals surface area contributed by atoms with Crippen molar-refractivity contribution < 1.29 is 4.74 Å². The summed E-state index contributed by atoms with van der Waals surface area (Å²) in [6.45, 7) is 2.83. The lowest BCUT2D eigenvalue weighted by molar-refractivity contribution is 0.409. The predicted molar refractivity (Wildman–Crippen MR) is 96.7 cm³/mol. The fraction of sp³-hybridized carbons (Fsp3) is 0.294. The van der Waals surface area contributed by atoms with Crippen molar-refractivity contribution in [3.05, 3.63) is 59.2 Å². The van der Waals surface area contributed by atoms with Gasteiger partial charge in [0, 0.05) is 25.3 Å². The van der Waals surface area contributed by atoms with Crippen LogP contribution in [0.15, 0.2) is 42.5 Å². The second-order valence-electron chi connectivity index (χ2n) is 5.08. The van der Waals surface area contributed by atoms with Gasteiger partial charge in [0.05, 0.1) is 7.11 Å². The van der Waals surface area contributed by atoms with Gasteiger partial charge in [-0.1, -0.05) is 24.3 Å². The van der Waals surface area contributed by atoms with Gasteiger partial charge in [0.1, 0.15) is 5.75 Å². The molecule has 22 heavy (non-hydrogen) atoms. The number of methoxy groups -OCH3 is 1. The molecule has 5 heteroatoms. The summed E-state index contributed by atoms with van der Waals surface area (Å²) in [6.07, 6.45) is 0.964. The summed E-state index contributed by atoms with van der Waals surface area (Å²) in [6, 6.07) is 14.7. The zero-order valence-corrected chi connectivity index (χ0v) is 14.2. The molecular weight excluding hydrogens is 319 g/mol. The number of para-hydroxylation sites is 1. The molecule has 2 aromatic carbocycles. The van der Waals surface area contributed by atoms with Crippen LogP contribution in [0, 0.1) is 0 Å². The third-order valence-electron chi connectivity index (χ3n) is 3.73. The van der Waals surface area contributed by atoms with E-state index < -0.39 is 0 Å². The van der Waals surface area contributed by atoms with Gasteiger partial charge in [-0.25, -0.2) is 0 Å². The molecular formula is C17H22Cl2N2O. The van der Waals surface area contributed by atoms with E-state index in [1.165, 1.54) is 16.7 Å². The van der Waals surface area contributed by atoms with Gasteiger partial charge in [-0.3, -0.25) is 0 Å². The average molecular weight is 341 g/mol. The highest BCUT2D eigenvalue weighted by Gasteiger charge is 2.14. The van der Waals surface area contributed by atoms with Crippen molar-refractivity contribution in [2.45, 2.75) is 19.5 Å². The molecule has 0 unspecified atom stereocenters. The Morgan fingerprint density at radius 2 is 1.73 bits per heavy atom. The van der Waals surface area contributed by atoms with E-state index in [9.17, 15) is 0 Å². The molecule has 0 saturated carbocycles. The second kappa shape index (κ2) is 8.89. The SMILES string of the molecule is COc1cc2c(cc1CCNc1ccccc1)CNC2.Cl.Cl. The molecule has 3 rings (SSSR count). The van der Waals surface area contributed by atoms with Crippen molar-refractivity contribution in [3.63, 3.8) is 0 Å². The first kappa shape index (κ1) is 18.6. The maximum atomic E-state index is 5.52. The van der Waals surface area contributed by atoms with Gasteiger partial charge in [0.25, 0.3) is 0 Å². The molecule has 0 fully saturated rings. The molecule has 0 amide bonds. The van der Waals surface area contributed by atoms with Crippen molar-refractivity contribution in [3.8, 4) is 5.75 Å². The third-order valence-corrected chi connectivity index (χ3v) is 3.73. The molecule has 3 nitrogen and oxygen atoms in total. The van der Waals surface area contributed by atoms with Crippen LogP contribution in [0.3, 0.4) is 0 Å². The highest BCUT2D eigenvalue weighted by atomic mass is 35.5. The summed E-state index contributed by atoms with van der Waals surface area (Å²) in [4.78, 5) is 0. The summed E-state index contributed by atoms with van der Waals surface area (Å²) in [5, 5.41) is 6.82. The maximum Gasteiger partial charge on any atom is 0.122 e. The van der Waals surface area contributed by atoms with Gasteiger partial charge in [-0.05, 0) is 41.3 Å². The molecule has 0 atom stereocenters. The highest BCUT2D eigenvalue weighted by Crippen LogP contribution is 2.27. The largest absolute Gasteiger partial charge is 0.496 e. The van der Waals surface area contributed by atoms with Crippen LogP contribution in [0.25, 0.3) is 0 Å². The summed E-state index contributed by atoms with van der Waals surface area (Å²) in [7, 11) is 1.75. The molecule has 0 radical (unpaired) electrons. The summed E-state index contributed by atoms with van der Waals surface area (Å²) < 4.78 is 5.52. The number of hydrogen-bond donors (Lipinski definition) is 2. The van der Waals surface area contributed by atoms with Crippen LogP contribution in [0.2, 0.25) is 0 Å². The minimum absolute atomic E-state index is 0. The number of benzene rings is 2. The Balaban J connectivity index is 0.00000121. The first-order valence-electron chi connectivity index (χ1n) is 7.05. The monoisotopic (exact) mass is 340 g/mol. The van der Waals surface area contributed by atoms with E-state index in [4.69, 9.17) is 4.74 Å². The molecule has 1 aliphatic heterocycles. The highest BCUT2D eigenvalue weighted by molar-refractivity contribution is 5.85. The lowest BCUT2D eigenvalue weighted by atomic mass is 10.0. The van der Waals surface area contributed by atoms with Crippen LogP contribution in [-0.2, 0) is 19.5 Å². The van der Waals surface area contributed by atoms with Crippen LogP contribution in [-0.4, -0.2) is 13.7 Å². The van der Waals surface area contributed by atoms with E-state index in [2.05, 4.69) is 34.9 Å². The molecule has 1 heterocycles. The zero-order valence-electron chi connectivity index (χ0n) is 12.6. The van der Waals surface area contributed by atoms with Crippen LogP contribution in [0.1, 0.15) is 16.7 Å². The Morgan fingerprint density at radius 3 is 2.41 bits per heavy atom. The van der Waals surface area contributed by atoms with Crippen LogP contribution >= 0.6 is 24.8 Å². The van der Waals surface area contributed by atoms with Gasteiger partial charge >= 0.3 is 0 Å². The van der Waals surface area contributed by atoms with E-state index in [0.717, 1.165) is 37.5 Å². The fourth-order valence-electron chi connectivity index (χ4n) is 2.66. The lowest BCUT2D eigenvalue weighted by Gasteiger charge is -2.12. The molecule has 0 bridgehead atoms. The Morgan fingerprint density at radius 1 is 1.05 bits per heavy atom. The molecule has 2 N–H and O–H groups in total. The Bertz CT molecular complexity index is 591. The van der Waals surface area contributed by atoms with Crippen molar-refractivity contribution in [1.82, 2.24) is 5.32 Å². The van der Waals surface area contributed by atoms with Gasteiger partial charge < -0.3 is 15.4 Å². The molecule has 0 spiro atoms. The standard InChI is InChI=1S/C17H20N2O.2ClH/c1-20-17-10-15-12-18-11-14(15)9-13(17)7-8-19-16-5-3-2-4-6-16;;/h2-6,9-10,18-19H,7-8,11-12H2,1H3;2*1H. The fourth-order valence-corrected chi connectivity index (χ4v) is 2.66. The summed E-state index contributed by atoms with van der Waals surface area (Å²) in [5.41, 5.74) is 5.20. The quantitative estimate of drug-likeness (QED) is 0.868. The van der Waals surface area contributed by atoms with Crippen LogP contribution in [0.4, 0.5) is 5.69 Å². The van der Waals surface area contributed by atoms with Crippen molar-refractivity contribution in [2.75, 3.05) is 19.0 Å². The number of halogens is 2. The number of hydrogen-bond acceptors (Lipinski definition) is 3. The maximum absolute atomic E-state index is 5.52. The molecule has 120 valence electrons. The van der Waals surface area contributed by atoms with Crippen LogP contribution in [0.5, 0.6) is 5.75 Å². The number of anilines is 1. The average Bonchev–Trinajstić information content (AvgIpc) is 2.94. The molecule has 0 saturated heterocycles. The predicted octanol–water partition coefficient (Wildman–Crippen LogP) is 3.80. The summed E-state index contributed by atoms with van der Waals surface area (Å²) >= 11 is 0. The molecule has 0 aromatic heterocycles. The zero-order chi connectivity index (χ0) is 13.8. The normalized spacial score (nSPS) is 11.9. The Kier molecular flexibility index (Phi) is 7.52. The number of fused-ring (bicyclic) bond motifs is 1. The van der Waals surface area contributed by atoms with Gasteiger partial charge in [-0.15, -0.1) is 24.8 Å². The van der Waals surface area contributed by atoms with Gasteiger partial charge in [0.2, 0.25) is 0 Å². The van der Waals surface area contributed by atoms with Crippen LogP contribution < -0.4 is 15.4 Å². The van der Waals surface area contributed by atoms with E-state index in [1.54, 1.807) is 7.11 Å². The summed E-state index contributed by atoms with van der Waals surface area (Å²) in [5.74, 6) is 1.00. The first-order chi connectivity index (χ1) is 9.86. The van der Waals surface area contributed by atoms with E-state index in [0.29, 0.717) is 0 Å². The van der Waals surface area contributed by atoms with Crippen molar-refractivity contribution in [2.24, 2.45) is 0 Å². The second-order valence-corrected chi connectivity index (χ2v) is 5.08. The first-order valence-corrected chi connectivity index (χ1v) is 7.05. The van der Waals surface area contributed by atoms with E-state index in [1.807, 2.05) is 18.2 Å². The van der Waals surface area contributed by atoms with Crippen molar-refractivity contribution >= 4 is 30.5 Å². The molecule has 0 aliphatic carbocycles. The van der Waals surface area contributed by atoms with Crippen molar-refractivity contribution in [1.29, 1.82) is 0 Å². The van der Waals surface area contributed by atoms with Gasteiger partial charge in [0.15, 0.2) is 0 Å². The van der Waals surface area contributed by atoms with Gasteiger partial charge in [-0.2, -0.15) is 0 Å². The topological polar surface area (TPSA) is 33.3 Å². The number of rotatable bonds is 5. The number of ether oxygens (including phenoxy) is 1. The Hall–Kier alpha value is -1.42. The van der Waals surface area contributed by atoms with E-state index in [-0.39, 0.29) is 24.8 Å².